The molecular formula is C11H19N3O. The fourth-order valence-electron chi connectivity index (χ4n) is 2.33. The molecule has 0 saturated carbocycles. The van der Waals surface area contributed by atoms with Gasteiger partial charge in [0.1, 0.15) is 0 Å². The third kappa shape index (κ3) is 1.92. The summed E-state index contributed by atoms with van der Waals surface area (Å²) < 4.78 is 7.52. The summed E-state index contributed by atoms with van der Waals surface area (Å²) in [5.41, 5.74) is 7.40. The molecule has 3 unspecified atom stereocenters. The van der Waals surface area contributed by atoms with Gasteiger partial charge >= 0.3 is 0 Å². The molecule has 0 aromatic carbocycles. The molecule has 84 valence electrons. The molecule has 1 aliphatic heterocycles. The number of hydrogen-bond acceptors (Lipinski definition) is 3. The molecule has 0 aliphatic carbocycles. The van der Waals surface area contributed by atoms with E-state index >= 15 is 0 Å². The molecule has 1 aromatic heterocycles. The van der Waals surface area contributed by atoms with E-state index in [0.29, 0.717) is 5.92 Å². The van der Waals surface area contributed by atoms with Crippen LogP contribution in [0.25, 0.3) is 0 Å². The summed E-state index contributed by atoms with van der Waals surface area (Å²) in [6.07, 6.45) is 3.14. The van der Waals surface area contributed by atoms with Crippen LogP contribution in [0.3, 0.4) is 0 Å². The normalized spacial score (nSPS) is 28.2. The first-order valence-corrected chi connectivity index (χ1v) is 5.63. The number of aromatic nitrogens is 2. The molecule has 2 N–H and O–H groups in total. The van der Waals surface area contributed by atoms with Crippen LogP contribution in [0.4, 0.5) is 0 Å². The van der Waals surface area contributed by atoms with Gasteiger partial charge in [-0.1, -0.05) is 0 Å². The Kier molecular flexibility index (Phi) is 3.07. The molecule has 0 radical (unpaired) electrons. The number of nitrogens with two attached hydrogens (primary N) is 1. The molecule has 1 fully saturated rings. The zero-order chi connectivity index (χ0) is 10.8. The van der Waals surface area contributed by atoms with E-state index < -0.39 is 0 Å². The van der Waals surface area contributed by atoms with Gasteiger partial charge in [-0.3, -0.25) is 4.68 Å². The molecule has 4 nitrogen and oxygen atoms in total. The molecular weight excluding hydrogens is 190 g/mol. The minimum absolute atomic E-state index is 0.0462. The average Bonchev–Trinajstić information content (AvgIpc) is 2.84. The van der Waals surface area contributed by atoms with Crippen LogP contribution in [0.5, 0.6) is 0 Å². The smallest absolute Gasteiger partial charge is 0.0594 e. The van der Waals surface area contributed by atoms with Gasteiger partial charge in [-0.05, 0) is 26.3 Å². The van der Waals surface area contributed by atoms with Crippen molar-refractivity contribution >= 4 is 0 Å². The first-order valence-electron chi connectivity index (χ1n) is 5.63. The van der Waals surface area contributed by atoms with E-state index in [4.69, 9.17) is 10.5 Å². The van der Waals surface area contributed by atoms with Crippen LogP contribution in [0.15, 0.2) is 12.3 Å². The lowest BCUT2D eigenvalue weighted by molar-refractivity contribution is 0.0987. The van der Waals surface area contributed by atoms with Crippen LogP contribution >= 0.6 is 0 Å². The largest absolute Gasteiger partial charge is 0.378 e. The highest BCUT2D eigenvalue weighted by atomic mass is 16.5. The fraction of sp³-hybridized carbons (Fsp3) is 0.727. The van der Waals surface area contributed by atoms with Gasteiger partial charge in [0, 0.05) is 25.3 Å². The standard InChI is InChI=1S/C11H19N3O/c1-3-14-10(4-6-13-14)11(12)9-5-7-15-8(9)2/h4,6,8-9,11H,3,5,7,12H2,1-2H3. The van der Waals surface area contributed by atoms with E-state index in [-0.39, 0.29) is 12.1 Å². The molecule has 3 atom stereocenters. The maximum Gasteiger partial charge on any atom is 0.0594 e. The Labute approximate surface area is 90.4 Å². The maximum absolute atomic E-state index is 6.27. The van der Waals surface area contributed by atoms with E-state index in [2.05, 4.69) is 18.9 Å². The van der Waals surface area contributed by atoms with Crippen LogP contribution in [0, 0.1) is 5.92 Å². The summed E-state index contributed by atoms with van der Waals surface area (Å²) >= 11 is 0. The predicted molar refractivity (Wildman–Crippen MR) is 58.4 cm³/mol. The second-order valence-corrected chi connectivity index (χ2v) is 4.13. The van der Waals surface area contributed by atoms with E-state index in [0.717, 1.165) is 25.3 Å². The van der Waals surface area contributed by atoms with Crippen molar-refractivity contribution in [3.05, 3.63) is 18.0 Å². The monoisotopic (exact) mass is 209 g/mol. The molecule has 0 bridgehead atoms. The number of rotatable bonds is 3. The Morgan fingerprint density at radius 3 is 3.13 bits per heavy atom. The summed E-state index contributed by atoms with van der Waals surface area (Å²) in [6.45, 7) is 5.89. The molecule has 0 amide bonds. The van der Waals surface area contributed by atoms with Crippen molar-refractivity contribution in [1.29, 1.82) is 0 Å². The first kappa shape index (κ1) is 10.6. The fourth-order valence-corrected chi connectivity index (χ4v) is 2.33. The maximum atomic E-state index is 6.27. The van der Waals surface area contributed by atoms with Gasteiger partial charge in [0.05, 0.1) is 17.8 Å². The molecule has 4 heteroatoms. The molecule has 0 spiro atoms. The molecule has 1 aromatic rings. The number of ether oxygens (including phenoxy) is 1. The van der Waals surface area contributed by atoms with Crippen molar-refractivity contribution in [2.45, 2.75) is 39.0 Å². The third-order valence-corrected chi connectivity index (χ3v) is 3.29. The highest BCUT2D eigenvalue weighted by Crippen LogP contribution is 2.31. The predicted octanol–water partition coefficient (Wildman–Crippen LogP) is 1.33. The van der Waals surface area contributed by atoms with Crippen molar-refractivity contribution < 1.29 is 4.74 Å². The second-order valence-electron chi connectivity index (χ2n) is 4.13. The average molecular weight is 209 g/mol. The number of aryl methyl sites for hydroxylation is 1. The summed E-state index contributed by atoms with van der Waals surface area (Å²) in [5.74, 6) is 0.423. The minimum Gasteiger partial charge on any atom is -0.378 e. The number of hydrogen-bond donors (Lipinski definition) is 1. The van der Waals surface area contributed by atoms with E-state index in [1.54, 1.807) is 0 Å². The Morgan fingerprint density at radius 2 is 2.53 bits per heavy atom. The SMILES string of the molecule is CCn1nccc1C(N)C1CCOC1C. The van der Waals surface area contributed by atoms with Gasteiger partial charge in [-0.15, -0.1) is 0 Å². The van der Waals surface area contributed by atoms with E-state index in [9.17, 15) is 0 Å². The molecule has 2 heterocycles. The van der Waals surface area contributed by atoms with Crippen molar-refractivity contribution in [2.75, 3.05) is 6.61 Å². The molecule has 15 heavy (non-hydrogen) atoms. The van der Waals surface area contributed by atoms with Gasteiger partial charge < -0.3 is 10.5 Å². The summed E-state index contributed by atoms with van der Waals surface area (Å²) in [5, 5.41) is 4.25. The van der Waals surface area contributed by atoms with Crippen LogP contribution in [0.1, 0.15) is 32.0 Å². The van der Waals surface area contributed by atoms with E-state index in [1.807, 2.05) is 16.9 Å². The Hall–Kier alpha value is -0.870. The van der Waals surface area contributed by atoms with Crippen LogP contribution in [0.2, 0.25) is 0 Å². The zero-order valence-electron chi connectivity index (χ0n) is 9.39. The third-order valence-electron chi connectivity index (χ3n) is 3.29. The molecule has 2 rings (SSSR count). The lowest BCUT2D eigenvalue weighted by atomic mass is 9.92. The topological polar surface area (TPSA) is 53.1 Å². The van der Waals surface area contributed by atoms with Crippen LogP contribution in [-0.2, 0) is 11.3 Å². The Balaban J connectivity index is 2.16. The number of nitrogens with zero attached hydrogens (tertiary/aromatic N) is 2. The molecule has 1 saturated heterocycles. The van der Waals surface area contributed by atoms with Crippen LogP contribution in [-0.4, -0.2) is 22.5 Å². The van der Waals surface area contributed by atoms with Crippen LogP contribution < -0.4 is 5.73 Å². The van der Waals surface area contributed by atoms with Gasteiger partial charge in [0.25, 0.3) is 0 Å². The van der Waals surface area contributed by atoms with Crippen molar-refractivity contribution in [3.8, 4) is 0 Å². The summed E-state index contributed by atoms with van der Waals surface area (Å²) in [7, 11) is 0. The van der Waals surface area contributed by atoms with E-state index in [1.165, 1.54) is 0 Å². The Bertz CT molecular complexity index is 323. The lowest BCUT2D eigenvalue weighted by Gasteiger charge is -2.22. The highest BCUT2D eigenvalue weighted by Gasteiger charge is 2.31. The highest BCUT2D eigenvalue weighted by molar-refractivity contribution is 5.09. The van der Waals surface area contributed by atoms with Gasteiger partial charge in [-0.25, -0.2) is 0 Å². The molecule has 1 aliphatic rings. The minimum atomic E-state index is 0.0462. The van der Waals surface area contributed by atoms with Gasteiger partial charge in [-0.2, -0.15) is 5.10 Å². The summed E-state index contributed by atoms with van der Waals surface area (Å²) in [6, 6.07) is 2.06. The quantitative estimate of drug-likeness (QED) is 0.817. The Morgan fingerprint density at radius 1 is 1.73 bits per heavy atom. The lowest BCUT2D eigenvalue weighted by Crippen LogP contribution is -2.28. The zero-order valence-corrected chi connectivity index (χ0v) is 9.39. The summed E-state index contributed by atoms with van der Waals surface area (Å²) in [4.78, 5) is 0. The van der Waals surface area contributed by atoms with Crippen molar-refractivity contribution in [2.24, 2.45) is 11.7 Å². The van der Waals surface area contributed by atoms with Crippen molar-refractivity contribution in [1.82, 2.24) is 9.78 Å². The first-order chi connectivity index (χ1) is 7.24. The second kappa shape index (κ2) is 4.33. The van der Waals surface area contributed by atoms with Gasteiger partial charge in [0.2, 0.25) is 0 Å². The van der Waals surface area contributed by atoms with Gasteiger partial charge in [0.15, 0.2) is 0 Å². The van der Waals surface area contributed by atoms with Crippen molar-refractivity contribution in [3.63, 3.8) is 0 Å².